The molecule has 1 saturated heterocycles. The van der Waals surface area contributed by atoms with Crippen LogP contribution in [0.15, 0.2) is 14.4 Å². The summed E-state index contributed by atoms with van der Waals surface area (Å²) < 4.78 is 5.35. The van der Waals surface area contributed by atoms with E-state index in [2.05, 4.69) is 31.2 Å². The molecule has 1 aliphatic rings. The Morgan fingerprint density at radius 1 is 1.45 bits per heavy atom. The van der Waals surface area contributed by atoms with Crippen LogP contribution in [0.4, 0.5) is 5.82 Å². The van der Waals surface area contributed by atoms with Crippen molar-refractivity contribution in [2.45, 2.75) is 29.7 Å². The van der Waals surface area contributed by atoms with Crippen molar-refractivity contribution in [3.8, 4) is 0 Å². The molecular weight excluding hydrogens is 354 g/mol. The predicted octanol–water partition coefficient (Wildman–Crippen LogP) is -0.895. The highest BCUT2D eigenvalue weighted by Gasteiger charge is 2.38. The van der Waals surface area contributed by atoms with Crippen LogP contribution in [0.2, 0.25) is 0 Å². The van der Waals surface area contributed by atoms with Gasteiger partial charge >= 0.3 is 0 Å². The fourth-order valence-electron chi connectivity index (χ4n) is 1.70. The number of aliphatic hydroxyl groups is 3. The number of rotatable bonds is 3. The van der Waals surface area contributed by atoms with Crippen LogP contribution in [0.1, 0.15) is 0 Å². The van der Waals surface area contributed by atoms with E-state index in [9.17, 15) is 20.1 Å². The van der Waals surface area contributed by atoms with Crippen LogP contribution in [-0.2, 0) is 4.74 Å². The van der Waals surface area contributed by atoms with E-state index in [4.69, 9.17) is 4.74 Å². The number of halogens is 1. The monoisotopic (exact) mass is 367 g/mol. The molecule has 5 N–H and O–H groups in total. The summed E-state index contributed by atoms with van der Waals surface area (Å²) in [6, 6.07) is 0. The number of hydrogen-bond acceptors (Lipinski definition) is 8. The van der Waals surface area contributed by atoms with Crippen LogP contribution in [0, 0.1) is 0 Å². The van der Waals surface area contributed by atoms with E-state index in [1.807, 2.05) is 0 Å². The van der Waals surface area contributed by atoms with Crippen molar-refractivity contribution >= 4 is 33.5 Å². The van der Waals surface area contributed by atoms with Gasteiger partial charge in [0.2, 0.25) is 0 Å². The summed E-state index contributed by atoms with van der Waals surface area (Å²) in [6.45, 7) is -0.133. The number of aromatic nitrogens is 2. The van der Waals surface area contributed by atoms with E-state index in [-0.39, 0.29) is 22.5 Å². The summed E-state index contributed by atoms with van der Waals surface area (Å²) in [5, 5.41) is 31.9. The Labute approximate surface area is 126 Å². The standard InChI is InChI=1S/C10H14BrN3O5S/c1-20-10-13-7(4(11)8(18)14-10)12-9-6(17)5(16)3(15)2-19-9/h3,5-6,9,15-17H,2H2,1H3,(H2,12,13,14,18)/t3-,5-,6-,9+/m1/s1. The number of hydrogen-bond donors (Lipinski definition) is 5. The van der Waals surface area contributed by atoms with Crippen molar-refractivity contribution in [1.29, 1.82) is 0 Å². The number of H-pyrrole nitrogens is 1. The van der Waals surface area contributed by atoms with Crippen molar-refractivity contribution < 1.29 is 20.1 Å². The van der Waals surface area contributed by atoms with Crippen LogP contribution in [0.5, 0.6) is 0 Å². The van der Waals surface area contributed by atoms with Gasteiger partial charge in [-0.15, -0.1) is 0 Å². The average Bonchev–Trinajstić information content (AvgIpc) is 2.44. The van der Waals surface area contributed by atoms with Gasteiger partial charge in [0.1, 0.15) is 22.8 Å². The number of aromatic amines is 1. The molecule has 1 aromatic heterocycles. The molecule has 1 aliphatic heterocycles. The molecule has 0 aliphatic carbocycles. The number of thioether (sulfide) groups is 1. The van der Waals surface area contributed by atoms with Crippen molar-refractivity contribution in [1.82, 2.24) is 9.97 Å². The van der Waals surface area contributed by atoms with Crippen LogP contribution in [-0.4, -0.2) is 62.7 Å². The molecule has 2 rings (SSSR count). The van der Waals surface area contributed by atoms with E-state index in [0.29, 0.717) is 5.16 Å². The zero-order chi connectivity index (χ0) is 14.9. The van der Waals surface area contributed by atoms with Gasteiger partial charge in [0, 0.05) is 0 Å². The Balaban J connectivity index is 2.22. The molecule has 2 heterocycles. The number of nitrogens with one attached hydrogen (secondary N) is 2. The van der Waals surface area contributed by atoms with Crippen molar-refractivity contribution in [3.05, 3.63) is 14.8 Å². The molecule has 8 nitrogen and oxygen atoms in total. The van der Waals surface area contributed by atoms with Crippen LogP contribution in [0.25, 0.3) is 0 Å². The molecule has 10 heteroatoms. The SMILES string of the molecule is CSc1nc(N[C@H]2OC[C@@H](O)[C@@H](O)[C@H]2O)c(Br)c(=O)[nH]1. The molecular formula is C10H14BrN3O5S. The third-order valence-electron chi connectivity index (χ3n) is 2.81. The van der Waals surface area contributed by atoms with Gasteiger partial charge < -0.3 is 30.4 Å². The van der Waals surface area contributed by atoms with Crippen molar-refractivity contribution in [3.63, 3.8) is 0 Å². The maximum Gasteiger partial charge on any atom is 0.268 e. The molecule has 0 radical (unpaired) electrons. The Morgan fingerprint density at radius 3 is 2.80 bits per heavy atom. The minimum absolute atomic E-state index is 0.133. The van der Waals surface area contributed by atoms with E-state index in [0.717, 1.165) is 0 Å². The normalized spacial score (nSPS) is 30.2. The van der Waals surface area contributed by atoms with Gasteiger partial charge in [0.15, 0.2) is 17.2 Å². The first kappa shape index (κ1) is 15.7. The summed E-state index contributed by atoms with van der Waals surface area (Å²) in [7, 11) is 0. The second kappa shape index (κ2) is 6.41. The fourth-order valence-corrected chi connectivity index (χ4v) is 2.38. The Bertz CT molecular complexity index is 542. The van der Waals surface area contributed by atoms with Gasteiger partial charge in [-0.25, -0.2) is 4.98 Å². The molecule has 4 atom stereocenters. The molecule has 1 fully saturated rings. The number of aliphatic hydroxyl groups excluding tert-OH is 3. The molecule has 0 amide bonds. The maximum absolute atomic E-state index is 11.7. The largest absolute Gasteiger partial charge is 0.388 e. The van der Waals surface area contributed by atoms with Crippen molar-refractivity contribution in [2.24, 2.45) is 0 Å². The molecule has 0 bridgehead atoms. The molecule has 0 unspecified atom stereocenters. The zero-order valence-corrected chi connectivity index (χ0v) is 12.8. The summed E-state index contributed by atoms with van der Waals surface area (Å²) in [4.78, 5) is 18.4. The van der Waals surface area contributed by atoms with E-state index < -0.39 is 24.5 Å². The summed E-state index contributed by atoms with van der Waals surface area (Å²) in [5.74, 6) is 0.186. The molecule has 0 aromatic carbocycles. The first-order chi connectivity index (χ1) is 9.43. The van der Waals surface area contributed by atoms with E-state index in [1.54, 1.807) is 6.26 Å². The van der Waals surface area contributed by atoms with Crippen LogP contribution < -0.4 is 10.9 Å². The average molecular weight is 368 g/mol. The smallest absolute Gasteiger partial charge is 0.268 e. The number of nitrogens with zero attached hydrogens (tertiary/aromatic N) is 1. The fraction of sp³-hybridized carbons (Fsp3) is 0.600. The van der Waals surface area contributed by atoms with Gasteiger partial charge in [-0.05, 0) is 22.2 Å². The quantitative estimate of drug-likeness (QED) is 0.343. The Kier molecular flexibility index (Phi) is 5.04. The van der Waals surface area contributed by atoms with Crippen molar-refractivity contribution in [2.75, 3.05) is 18.2 Å². The molecule has 1 aromatic rings. The third kappa shape index (κ3) is 3.15. The van der Waals surface area contributed by atoms with Gasteiger partial charge in [-0.3, -0.25) is 4.79 Å². The lowest BCUT2D eigenvalue weighted by atomic mass is 10.0. The molecule has 20 heavy (non-hydrogen) atoms. The van der Waals surface area contributed by atoms with Crippen LogP contribution >= 0.6 is 27.7 Å². The van der Waals surface area contributed by atoms with Gasteiger partial charge in [-0.1, -0.05) is 11.8 Å². The number of anilines is 1. The van der Waals surface area contributed by atoms with E-state index >= 15 is 0 Å². The van der Waals surface area contributed by atoms with Gasteiger partial charge in [0.25, 0.3) is 5.56 Å². The lowest BCUT2D eigenvalue weighted by Gasteiger charge is -2.35. The highest BCUT2D eigenvalue weighted by atomic mass is 79.9. The second-order valence-corrected chi connectivity index (χ2v) is 5.77. The highest BCUT2D eigenvalue weighted by Crippen LogP contribution is 2.22. The second-order valence-electron chi connectivity index (χ2n) is 4.18. The summed E-state index contributed by atoms with van der Waals surface area (Å²) >= 11 is 4.34. The topological polar surface area (TPSA) is 128 Å². The first-order valence-electron chi connectivity index (χ1n) is 5.70. The summed E-state index contributed by atoms with van der Waals surface area (Å²) in [6.07, 6.45) is -3.05. The first-order valence-corrected chi connectivity index (χ1v) is 7.72. The van der Waals surface area contributed by atoms with E-state index in [1.165, 1.54) is 11.8 Å². The minimum Gasteiger partial charge on any atom is -0.388 e. The number of ether oxygens (including phenoxy) is 1. The lowest BCUT2D eigenvalue weighted by molar-refractivity contribution is -0.178. The summed E-state index contributed by atoms with van der Waals surface area (Å²) in [5.41, 5.74) is -0.377. The molecule has 0 spiro atoms. The zero-order valence-electron chi connectivity index (χ0n) is 10.4. The minimum atomic E-state index is -1.34. The Morgan fingerprint density at radius 2 is 2.15 bits per heavy atom. The molecule has 112 valence electrons. The lowest BCUT2D eigenvalue weighted by Crippen LogP contribution is -2.55. The predicted molar refractivity (Wildman–Crippen MR) is 75.7 cm³/mol. The van der Waals surface area contributed by atoms with Gasteiger partial charge in [0.05, 0.1) is 6.61 Å². The molecule has 0 saturated carbocycles. The van der Waals surface area contributed by atoms with Crippen LogP contribution in [0.3, 0.4) is 0 Å². The highest BCUT2D eigenvalue weighted by molar-refractivity contribution is 9.10. The maximum atomic E-state index is 11.7. The Hall–Kier alpha value is -0.650. The third-order valence-corrected chi connectivity index (χ3v) is 4.13. The van der Waals surface area contributed by atoms with Gasteiger partial charge in [-0.2, -0.15) is 0 Å².